The van der Waals surface area contributed by atoms with Crippen molar-refractivity contribution < 1.29 is 0 Å². The van der Waals surface area contributed by atoms with Crippen LogP contribution < -0.4 is 5.32 Å². The fraction of sp³-hybridized carbons (Fsp3) is 0.333. The van der Waals surface area contributed by atoms with E-state index in [1.165, 1.54) is 21.6 Å². The lowest BCUT2D eigenvalue weighted by Crippen LogP contribution is -2.18. The summed E-state index contributed by atoms with van der Waals surface area (Å²) in [6, 6.07) is 11.5. The fourth-order valence-corrected chi connectivity index (χ4v) is 2.75. The summed E-state index contributed by atoms with van der Waals surface area (Å²) >= 11 is 1.82. The van der Waals surface area contributed by atoms with Crippen molar-refractivity contribution in [1.82, 2.24) is 5.32 Å². The number of thiophene rings is 1. The Kier molecular flexibility index (Phi) is 3.97. The molecule has 0 fully saturated rings. The van der Waals surface area contributed by atoms with Gasteiger partial charge in [-0.3, -0.25) is 0 Å². The molecule has 0 aliphatic carbocycles. The van der Waals surface area contributed by atoms with Crippen LogP contribution in [0.15, 0.2) is 35.7 Å². The van der Waals surface area contributed by atoms with E-state index in [2.05, 4.69) is 54.9 Å². The monoisotopic (exact) mass is 245 g/mol. The second-order valence-electron chi connectivity index (χ2n) is 4.52. The van der Waals surface area contributed by atoms with Crippen molar-refractivity contribution in [3.05, 3.63) is 57.3 Å². The standard InChI is InChI=1S/C15H19NS/c1-11-4-6-13(7-5-11)9-15(16-3)14-8-12(2)17-10-14/h4-8,10,15-16H,9H2,1-3H3. The molecule has 1 aromatic carbocycles. The van der Waals surface area contributed by atoms with Crippen LogP contribution in [-0.4, -0.2) is 7.05 Å². The molecule has 2 aromatic rings. The van der Waals surface area contributed by atoms with E-state index in [9.17, 15) is 0 Å². The first kappa shape index (κ1) is 12.3. The lowest BCUT2D eigenvalue weighted by atomic mass is 10.0. The minimum absolute atomic E-state index is 0.419. The van der Waals surface area contributed by atoms with Gasteiger partial charge in [0.1, 0.15) is 0 Å². The molecular weight excluding hydrogens is 226 g/mol. The molecule has 0 amide bonds. The van der Waals surface area contributed by atoms with Crippen molar-refractivity contribution in [2.45, 2.75) is 26.3 Å². The largest absolute Gasteiger partial charge is 0.313 e. The van der Waals surface area contributed by atoms with E-state index in [0.29, 0.717) is 6.04 Å². The topological polar surface area (TPSA) is 12.0 Å². The van der Waals surface area contributed by atoms with Crippen molar-refractivity contribution in [3.63, 3.8) is 0 Å². The lowest BCUT2D eigenvalue weighted by molar-refractivity contribution is 0.594. The molecule has 2 rings (SSSR count). The quantitative estimate of drug-likeness (QED) is 0.862. The number of benzene rings is 1. The van der Waals surface area contributed by atoms with Gasteiger partial charge in [0.05, 0.1) is 0 Å². The molecule has 0 aliphatic heterocycles. The third-order valence-corrected chi connectivity index (χ3v) is 3.94. The van der Waals surface area contributed by atoms with Crippen molar-refractivity contribution in [1.29, 1.82) is 0 Å². The minimum Gasteiger partial charge on any atom is -0.313 e. The summed E-state index contributed by atoms with van der Waals surface area (Å²) in [5.74, 6) is 0. The first-order valence-corrected chi connectivity index (χ1v) is 6.85. The molecule has 1 heterocycles. The minimum atomic E-state index is 0.419. The Morgan fingerprint density at radius 3 is 2.41 bits per heavy atom. The van der Waals surface area contributed by atoms with Crippen LogP contribution >= 0.6 is 11.3 Å². The zero-order valence-corrected chi connectivity index (χ0v) is 11.5. The van der Waals surface area contributed by atoms with Crippen LogP contribution in [0.4, 0.5) is 0 Å². The highest BCUT2D eigenvalue weighted by molar-refractivity contribution is 7.10. The molecule has 90 valence electrons. The average molecular weight is 245 g/mol. The highest BCUT2D eigenvalue weighted by atomic mass is 32.1. The maximum absolute atomic E-state index is 3.40. The van der Waals surface area contributed by atoms with E-state index in [-0.39, 0.29) is 0 Å². The molecular formula is C15H19NS. The number of rotatable bonds is 4. The van der Waals surface area contributed by atoms with Gasteiger partial charge in [-0.1, -0.05) is 29.8 Å². The summed E-state index contributed by atoms with van der Waals surface area (Å²) in [5, 5.41) is 5.66. The zero-order valence-electron chi connectivity index (χ0n) is 10.7. The van der Waals surface area contributed by atoms with E-state index >= 15 is 0 Å². The third-order valence-electron chi connectivity index (χ3n) is 3.06. The number of nitrogens with one attached hydrogen (secondary N) is 1. The summed E-state index contributed by atoms with van der Waals surface area (Å²) in [4.78, 5) is 1.38. The van der Waals surface area contributed by atoms with Gasteiger partial charge in [-0.15, -0.1) is 11.3 Å². The first-order valence-electron chi connectivity index (χ1n) is 5.97. The van der Waals surface area contributed by atoms with Gasteiger partial charge in [-0.25, -0.2) is 0 Å². The van der Waals surface area contributed by atoms with E-state index in [4.69, 9.17) is 0 Å². The molecule has 1 nitrogen and oxygen atoms in total. The molecule has 0 bridgehead atoms. The summed E-state index contributed by atoms with van der Waals surface area (Å²) in [7, 11) is 2.03. The maximum atomic E-state index is 3.40. The van der Waals surface area contributed by atoms with Gasteiger partial charge in [0, 0.05) is 10.9 Å². The summed E-state index contributed by atoms with van der Waals surface area (Å²) in [6.07, 6.45) is 1.05. The molecule has 1 N–H and O–H groups in total. The van der Waals surface area contributed by atoms with Crippen molar-refractivity contribution in [2.75, 3.05) is 7.05 Å². The predicted molar refractivity (Wildman–Crippen MR) is 75.7 cm³/mol. The van der Waals surface area contributed by atoms with E-state index < -0.39 is 0 Å². The fourth-order valence-electron chi connectivity index (χ4n) is 1.99. The molecule has 2 heteroatoms. The van der Waals surface area contributed by atoms with Gasteiger partial charge in [-0.2, -0.15) is 0 Å². The maximum Gasteiger partial charge on any atom is 0.0366 e. The van der Waals surface area contributed by atoms with Gasteiger partial charge < -0.3 is 5.32 Å². The Hall–Kier alpha value is -1.12. The van der Waals surface area contributed by atoms with E-state index in [0.717, 1.165) is 6.42 Å². The number of aryl methyl sites for hydroxylation is 2. The van der Waals surface area contributed by atoms with Crippen molar-refractivity contribution >= 4 is 11.3 Å². The Morgan fingerprint density at radius 1 is 1.18 bits per heavy atom. The van der Waals surface area contributed by atoms with Gasteiger partial charge in [0.2, 0.25) is 0 Å². The Morgan fingerprint density at radius 2 is 1.88 bits per heavy atom. The zero-order chi connectivity index (χ0) is 12.3. The molecule has 0 saturated heterocycles. The smallest absolute Gasteiger partial charge is 0.0366 e. The second kappa shape index (κ2) is 5.48. The number of hydrogen-bond acceptors (Lipinski definition) is 2. The Labute approximate surface area is 108 Å². The summed E-state index contributed by atoms with van der Waals surface area (Å²) in [5.41, 5.74) is 4.11. The van der Waals surface area contributed by atoms with Gasteiger partial charge in [0.15, 0.2) is 0 Å². The summed E-state index contributed by atoms with van der Waals surface area (Å²) < 4.78 is 0. The molecule has 0 radical (unpaired) electrons. The van der Waals surface area contributed by atoms with E-state index in [1.54, 1.807) is 0 Å². The SMILES string of the molecule is CNC(Cc1ccc(C)cc1)c1csc(C)c1. The Balaban J connectivity index is 2.12. The van der Waals surface area contributed by atoms with Gasteiger partial charge >= 0.3 is 0 Å². The number of hydrogen-bond donors (Lipinski definition) is 1. The molecule has 1 unspecified atom stereocenters. The normalized spacial score (nSPS) is 12.6. The molecule has 0 saturated carbocycles. The van der Waals surface area contributed by atoms with Gasteiger partial charge in [-0.05, 0) is 49.9 Å². The molecule has 17 heavy (non-hydrogen) atoms. The lowest BCUT2D eigenvalue weighted by Gasteiger charge is -2.15. The van der Waals surface area contributed by atoms with Crippen LogP contribution in [0.1, 0.15) is 27.6 Å². The highest BCUT2D eigenvalue weighted by Crippen LogP contribution is 2.23. The molecule has 1 aromatic heterocycles. The highest BCUT2D eigenvalue weighted by Gasteiger charge is 2.11. The van der Waals surface area contributed by atoms with Crippen LogP contribution in [0.5, 0.6) is 0 Å². The van der Waals surface area contributed by atoms with Crippen molar-refractivity contribution in [2.24, 2.45) is 0 Å². The predicted octanol–water partition coefficient (Wildman–Crippen LogP) is 3.87. The molecule has 0 aliphatic rings. The van der Waals surface area contributed by atoms with Crippen molar-refractivity contribution in [3.8, 4) is 0 Å². The third kappa shape index (κ3) is 3.18. The molecule has 0 spiro atoms. The number of likely N-dealkylation sites (N-methyl/N-ethyl adjacent to an activating group) is 1. The van der Waals surface area contributed by atoms with Crippen LogP contribution in [0.3, 0.4) is 0 Å². The van der Waals surface area contributed by atoms with Gasteiger partial charge in [0.25, 0.3) is 0 Å². The van der Waals surface area contributed by atoms with Crippen LogP contribution in [0.2, 0.25) is 0 Å². The first-order chi connectivity index (χ1) is 8.19. The summed E-state index contributed by atoms with van der Waals surface area (Å²) in [6.45, 7) is 4.29. The van der Waals surface area contributed by atoms with Crippen LogP contribution in [-0.2, 0) is 6.42 Å². The average Bonchev–Trinajstić information content (AvgIpc) is 2.75. The van der Waals surface area contributed by atoms with Crippen LogP contribution in [0.25, 0.3) is 0 Å². The van der Waals surface area contributed by atoms with Crippen LogP contribution in [0, 0.1) is 13.8 Å². The second-order valence-corrected chi connectivity index (χ2v) is 5.64. The van der Waals surface area contributed by atoms with E-state index in [1.807, 2.05) is 18.4 Å². The molecule has 1 atom stereocenters. The Bertz CT molecular complexity index is 470.